The summed E-state index contributed by atoms with van der Waals surface area (Å²) in [6.07, 6.45) is 4.46. The molecule has 0 atom stereocenters. The highest BCUT2D eigenvalue weighted by atomic mass is 16.5. The van der Waals surface area contributed by atoms with Crippen LogP contribution in [0.1, 0.15) is 27.6 Å². The van der Waals surface area contributed by atoms with Gasteiger partial charge in [-0.3, -0.25) is 9.78 Å². The highest BCUT2D eigenvalue weighted by Gasteiger charge is 2.29. The molecule has 0 aliphatic carbocycles. The summed E-state index contributed by atoms with van der Waals surface area (Å²) in [5.41, 5.74) is 2.98. The number of methoxy groups -OCH3 is 1. The molecular formula is C28H27N3O6. The van der Waals surface area contributed by atoms with Crippen molar-refractivity contribution >= 4 is 34.2 Å². The fraction of sp³-hybridized carbons (Fsp3) is 0.250. The van der Waals surface area contributed by atoms with Gasteiger partial charge < -0.3 is 28.4 Å². The molecule has 2 aromatic carbocycles. The Bertz CT molecular complexity index is 1430. The number of benzene rings is 2. The molecule has 0 saturated carbocycles. The van der Waals surface area contributed by atoms with Crippen molar-refractivity contribution in [3.05, 3.63) is 78.3 Å². The lowest BCUT2D eigenvalue weighted by atomic mass is 10.1. The Balaban J connectivity index is 1.44. The highest BCUT2D eigenvalue weighted by Crippen LogP contribution is 2.36. The minimum Gasteiger partial charge on any atom is -0.463 e. The molecule has 5 rings (SSSR count). The zero-order chi connectivity index (χ0) is 25.8. The van der Waals surface area contributed by atoms with E-state index in [1.807, 2.05) is 24.3 Å². The minimum absolute atomic E-state index is 0.210. The van der Waals surface area contributed by atoms with Crippen LogP contribution in [0.25, 0.3) is 11.0 Å². The molecule has 0 unspecified atom stereocenters. The lowest BCUT2D eigenvalue weighted by Gasteiger charge is -2.37. The molecule has 190 valence electrons. The van der Waals surface area contributed by atoms with Gasteiger partial charge >= 0.3 is 5.97 Å². The number of esters is 1. The van der Waals surface area contributed by atoms with E-state index < -0.39 is 5.97 Å². The number of hydrogen-bond donors (Lipinski definition) is 0. The van der Waals surface area contributed by atoms with Crippen LogP contribution in [0.5, 0.6) is 11.5 Å². The first-order valence-electron chi connectivity index (χ1n) is 12.1. The number of para-hydroxylation sites is 2. The molecule has 37 heavy (non-hydrogen) atoms. The topological polar surface area (TPSA) is 94.3 Å². The summed E-state index contributed by atoms with van der Waals surface area (Å²) in [5, 5.41) is 0.569. The molecule has 9 heteroatoms. The molecule has 9 nitrogen and oxygen atoms in total. The molecule has 1 aliphatic heterocycles. The number of fused-ring (bicyclic) bond motifs is 2. The van der Waals surface area contributed by atoms with Crippen LogP contribution >= 0.6 is 0 Å². The summed E-state index contributed by atoms with van der Waals surface area (Å²) in [7, 11) is 1.68. The second-order valence-electron chi connectivity index (χ2n) is 8.43. The first-order chi connectivity index (χ1) is 18.1. The predicted octanol–water partition coefficient (Wildman–Crippen LogP) is 4.91. The molecule has 3 heterocycles. The van der Waals surface area contributed by atoms with E-state index in [1.54, 1.807) is 49.4 Å². The van der Waals surface area contributed by atoms with Gasteiger partial charge in [-0.05, 0) is 43.3 Å². The third kappa shape index (κ3) is 4.85. The second-order valence-corrected chi connectivity index (χ2v) is 8.43. The maximum absolute atomic E-state index is 13.8. The van der Waals surface area contributed by atoms with Crippen molar-refractivity contribution in [2.75, 3.05) is 49.8 Å². The van der Waals surface area contributed by atoms with Crippen LogP contribution in [0.3, 0.4) is 0 Å². The molecule has 2 aromatic heterocycles. The van der Waals surface area contributed by atoms with E-state index in [2.05, 4.69) is 9.88 Å². The number of pyridine rings is 1. The van der Waals surface area contributed by atoms with Crippen LogP contribution in [-0.2, 0) is 9.47 Å². The summed E-state index contributed by atoms with van der Waals surface area (Å²) < 4.78 is 22.0. The third-order valence-corrected chi connectivity index (χ3v) is 6.20. The molecule has 1 aliphatic rings. The molecule has 0 saturated heterocycles. The lowest BCUT2D eigenvalue weighted by Crippen LogP contribution is -2.45. The van der Waals surface area contributed by atoms with Gasteiger partial charge in [-0.15, -0.1) is 0 Å². The molecular weight excluding hydrogens is 474 g/mol. The summed E-state index contributed by atoms with van der Waals surface area (Å²) in [6, 6.07) is 14.6. The minimum atomic E-state index is -0.471. The van der Waals surface area contributed by atoms with Gasteiger partial charge in [0, 0.05) is 44.5 Å². The van der Waals surface area contributed by atoms with Crippen molar-refractivity contribution in [2.45, 2.75) is 6.92 Å². The van der Waals surface area contributed by atoms with Gasteiger partial charge in [0.1, 0.15) is 34.5 Å². The van der Waals surface area contributed by atoms with Gasteiger partial charge in [0.15, 0.2) is 0 Å². The summed E-state index contributed by atoms with van der Waals surface area (Å²) in [5.74, 6) is 0.129. The van der Waals surface area contributed by atoms with E-state index in [4.69, 9.17) is 18.6 Å². The number of ether oxygens (including phenoxy) is 3. The van der Waals surface area contributed by atoms with E-state index >= 15 is 0 Å². The normalized spacial score (nSPS) is 12.9. The van der Waals surface area contributed by atoms with Crippen LogP contribution in [0, 0.1) is 0 Å². The Morgan fingerprint density at radius 2 is 1.89 bits per heavy atom. The smallest absolute Gasteiger partial charge is 0.342 e. The molecule has 0 radical (unpaired) electrons. The van der Waals surface area contributed by atoms with Crippen LogP contribution in [0.2, 0.25) is 0 Å². The average Bonchev–Trinajstić information content (AvgIpc) is 3.35. The van der Waals surface area contributed by atoms with Gasteiger partial charge in [-0.2, -0.15) is 0 Å². The first-order valence-corrected chi connectivity index (χ1v) is 12.1. The SMILES string of the molecule is CCOC(=O)c1coc2ccc(Oc3ccncc3C(=O)N3CCN(CCOC)c4ccccc43)cc12. The van der Waals surface area contributed by atoms with Gasteiger partial charge in [-0.1, -0.05) is 12.1 Å². The zero-order valence-corrected chi connectivity index (χ0v) is 20.7. The Hall–Kier alpha value is -4.37. The van der Waals surface area contributed by atoms with Crippen molar-refractivity contribution in [1.82, 2.24) is 4.98 Å². The van der Waals surface area contributed by atoms with Gasteiger partial charge in [0.2, 0.25) is 0 Å². The second kappa shape index (κ2) is 10.7. The monoisotopic (exact) mass is 501 g/mol. The number of rotatable bonds is 8. The Morgan fingerprint density at radius 1 is 1.05 bits per heavy atom. The Kier molecular flexibility index (Phi) is 7.04. The van der Waals surface area contributed by atoms with Gasteiger partial charge in [-0.25, -0.2) is 4.79 Å². The standard InChI is InChI=1S/C28H27N3O6/c1-3-35-28(33)22-18-36-25-9-8-19(16-20(22)25)37-26-10-11-29-17-21(26)27(32)31-13-12-30(14-15-34-2)23-6-4-5-7-24(23)31/h4-11,16-18H,3,12-15H2,1-2H3. The van der Waals surface area contributed by atoms with Crippen LogP contribution in [-0.4, -0.2) is 56.8 Å². The fourth-order valence-corrected chi connectivity index (χ4v) is 4.41. The number of nitrogens with zero attached hydrogens (tertiary/aromatic N) is 3. The maximum Gasteiger partial charge on any atom is 0.342 e. The molecule has 0 bridgehead atoms. The molecule has 1 amide bonds. The predicted molar refractivity (Wildman–Crippen MR) is 139 cm³/mol. The number of amides is 1. The largest absolute Gasteiger partial charge is 0.463 e. The third-order valence-electron chi connectivity index (χ3n) is 6.20. The van der Waals surface area contributed by atoms with E-state index in [1.165, 1.54) is 12.5 Å². The van der Waals surface area contributed by atoms with Crippen molar-refractivity contribution in [2.24, 2.45) is 0 Å². The molecule has 0 fully saturated rings. The number of carbonyl (C=O) groups is 2. The quantitative estimate of drug-likeness (QED) is 0.315. The first kappa shape index (κ1) is 24.3. The van der Waals surface area contributed by atoms with Gasteiger partial charge in [0.25, 0.3) is 5.91 Å². The molecule has 4 aromatic rings. The van der Waals surface area contributed by atoms with E-state index in [9.17, 15) is 9.59 Å². The highest BCUT2D eigenvalue weighted by molar-refractivity contribution is 6.10. The van der Waals surface area contributed by atoms with Crippen molar-refractivity contribution in [1.29, 1.82) is 0 Å². The van der Waals surface area contributed by atoms with Crippen molar-refractivity contribution in [3.8, 4) is 11.5 Å². The number of hydrogen-bond acceptors (Lipinski definition) is 8. The Labute approximate surface area is 214 Å². The zero-order valence-electron chi connectivity index (χ0n) is 20.7. The summed E-state index contributed by atoms with van der Waals surface area (Å²) in [6.45, 7) is 4.53. The van der Waals surface area contributed by atoms with E-state index in [0.29, 0.717) is 53.3 Å². The number of aromatic nitrogens is 1. The van der Waals surface area contributed by atoms with Crippen LogP contribution in [0.15, 0.2) is 71.6 Å². The number of carbonyl (C=O) groups excluding carboxylic acids is 2. The molecule has 0 N–H and O–H groups in total. The van der Waals surface area contributed by atoms with E-state index in [0.717, 1.165) is 17.9 Å². The maximum atomic E-state index is 13.8. The van der Waals surface area contributed by atoms with E-state index in [-0.39, 0.29) is 12.5 Å². The number of anilines is 2. The fourth-order valence-electron chi connectivity index (χ4n) is 4.41. The van der Waals surface area contributed by atoms with Crippen LogP contribution in [0.4, 0.5) is 11.4 Å². The Morgan fingerprint density at radius 3 is 2.70 bits per heavy atom. The van der Waals surface area contributed by atoms with Crippen LogP contribution < -0.4 is 14.5 Å². The summed E-state index contributed by atoms with van der Waals surface area (Å²) in [4.78, 5) is 34.2. The van der Waals surface area contributed by atoms with Crippen molar-refractivity contribution in [3.63, 3.8) is 0 Å². The lowest BCUT2D eigenvalue weighted by molar-refractivity contribution is 0.0527. The average molecular weight is 502 g/mol. The summed E-state index contributed by atoms with van der Waals surface area (Å²) >= 11 is 0. The number of furan rings is 1. The molecule has 0 spiro atoms. The van der Waals surface area contributed by atoms with Crippen molar-refractivity contribution < 1.29 is 28.2 Å². The van der Waals surface area contributed by atoms with Gasteiger partial charge in [0.05, 0.1) is 24.6 Å².